The molecule has 1 amide bonds. The number of nitrogens with one attached hydrogen (secondary N) is 1. The third-order valence-corrected chi connectivity index (χ3v) is 3.28. The molecule has 0 fully saturated rings. The number of allylic oxidation sites excluding steroid dienone is 1. The van der Waals surface area contributed by atoms with Crippen LogP contribution in [0.25, 0.3) is 0 Å². The van der Waals surface area contributed by atoms with Gasteiger partial charge in [-0.05, 0) is 18.3 Å². The molecule has 0 saturated heterocycles. The second-order valence-electron chi connectivity index (χ2n) is 5.46. The van der Waals surface area contributed by atoms with Crippen LogP contribution < -0.4 is 5.32 Å². The Morgan fingerprint density at radius 1 is 1.28 bits per heavy atom. The summed E-state index contributed by atoms with van der Waals surface area (Å²) in [5.74, 6) is 0.842. The van der Waals surface area contributed by atoms with E-state index in [1.54, 1.807) is 6.08 Å². The molecular weight excluding hydrogens is 246 g/mol. The van der Waals surface area contributed by atoms with Gasteiger partial charge in [-0.15, -0.1) is 6.58 Å². The van der Waals surface area contributed by atoms with E-state index in [-0.39, 0.29) is 16.4 Å². The molecule has 0 rings (SSSR count). The number of hydrogen-bond donors (Lipinski definition) is 1. The first-order valence-electron chi connectivity index (χ1n) is 6.38. The van der Waals surface area contributed by atoms with Gasteiger partial charge in [0.2, 0.25) is 5.91 Å². The summed E-state index contributed by atoms with van der Waals surface area (Å²) in [6.45, 7) is 10.5. The normalized spacial score (nSPS) is 11.1. The molecule has 0 atom stereocenters. The monoisotopic (exact) mass is 271 g/mol. The van der Waals surface area contributed by atoms with Crippen LogP contribution in [-0.4, -0.2) is 23.3 Å². The molecule has 0 aliphatic rings. The fourth-order valence-electron chi connectivity index (χ4n) is 1.17. The third kappa shape index (κ3) is 11.7. The number of carbonyl (C=O) groups is 2. The van der Waals surface area contributed by atoms with Gasteiger partial charge in [0.05, 0.1) is 0 Å². The first-order valence-corrected chi connectivity index (χ1v) is 7.37. The molecule has 1 N–H and O–H groups in total. The van der Waals surface area contributed by atoms with E-state index in [2.05, 4.69) is 32.7 Å². The maximum Gasteiger partial charge on any atom is 0.220 e. The Labute approximate surface area is 115 Å². The summed E-state index contributed by atoms with van der Waals surface area (Å²) >= 11 is 1.37. The van der Waals surface area contributed by atoms with Crippen LogP contribution in [0.4, 0.5) is 0 Å². The van der Waals surface area contributed by atoms with Crippen molar-refractivity contribution in [2.75, 3.05) is 12.3 Å². The van der Waals surface area contributed by atoms with Crippen molar-refractivity contribution in [2.24, 2.45) is 5.41 Å². The molecule has 0 heterocycles. The molecule has 0 spiro atoms. The lowest BCUT2D eigenvalue weighted by Crippen LogP contribution is -2.25. The van der Waals surface area contributed by atoms with Crippen molar-refractivity contribution in [3.05, 3.63) is 12.7 Å². The number of rotatable bonds is 8. The van der Waals surface area contributed by atoms with Crippen LogP contribution in [0.2, 0.25) is 0 Å². The molecule has 104 valence electrons. The van der Waals surface area contributed by atoms with E-state index in [0.717, 1.165) is 12.2 Å². The van der Waals surface area contributed by atoms with Gasteiger partial charge in [0.1, 0.15) is 0 Å². The minimum Gasteiger partial charge on any atom is -0.356 e. The zero-order chi connectivity index (χ0) is 14.0. The predicted octanol–water partition coefficient (Wildman–Crippen LogP) is 3.15. The third-order valence-electron chi connectivity index (χ3n) is 2.34. The second-order valence-corrected chi connectivity index (χ2v) is 6.61. The minimum absolute atomic E-state index is 0.0117. The van der Waals surface area contributed by atoms with Crippen molar-refractivity contribution in [1.29, 1.82) is 0 Å². The Morgan fingerprint density at radius 2 is 1.94 bits per heavy atom. The molecule has 0 aliphatic carbocycles. The Morgan fingerprint density at radius 3 is 2.50 bits per heavy atom. The lowest BCUT2D eigenvalue weighted by Gasteiger charge is -2.16. The van der Waals surface area contributed by atoms with Crippen molar-refractivity contribution < 1.29 is 9.59 Å². The molecule has 4 heteroatoms. The van der Waals surface area contributed by atoms with Crippen LogP contribution in [0.3, 0.4) is 0 Å². The van der Waals surface area contributed by atoms with E-state index >= 15 is 0 Å². The lowest BCUT2D eigenvalue weighted by molar-refractivity contribution is -0.121. The smallest absolute Gasteiger partial charge is 0.220 e. The van der Waals surface area contributed by atoms with Crippen molar-refractivity contribution >= 4 is 22.8 Å². The van der Waals surface area contributed by atoms with Gasteiger partial charge in [-0.1, -0.05) is 38.6 Å². The fraction of sp³-hybridized carbons (Fsp3) is 0.714. The van der Waals surface area contributed by atoms with Crippen molar-refractivity contribution in [1.82, 2.24) is 5.32 Å². The molecule has 0 aromatic heterocycles. The van der Waals surface area contributed by atoms with Crippen LogP contribution in [0.1, 0.15) is 46.5 Å². The fourth-order valence-corrected chi connectivity index (χ4v) is 2.36. The highest BCUT2D eigenvalue weighted by Crippen LogP contribution is 2.21. The molecule has 0 saturated carbocycles. The van der Waals surface area contributed by atoms with E-state index < -0.39 is 0 Å². The van der Waals surface area contributed by atoms with Gasteiger partial charge in [0, 0.05) is 25.1 Å². The molecule has 0 radical (unpaired) electrons. The molecular formula is C14H25NO2S. The zero-order valence-corrected chi connectivity index (χ0v) is 12.6. The van der Waals surface area contributed by atoms with E-state index in [1.807, 2.05) is 0 Å². The van der Waals surface area contributed by atoms with E-state index in [9.17, 15) is 9.59 Å². The van der Waals surface area contributed by atoms with Crippen LogP contribution in [-0.2, 0) is 9.59 Å². The van der Waals surface area contributed by atoms with Crippen LogP contribution in [0.5, 0.6) is 0 Å². The quantitative estimate of drug-likeness (QED) is 0.690. The van der Waals surface area contributed by atoms with Gasteiger partial charge in [-0.3, -0.25) is 9.59 Å². The van der Waals surface area contributed by atoms with E-state index in [0.29, 0.717) is 25.8 Å². The maximum atomic E-state index is 11.5. The molecule has 18 heavy (non-hydrogen) atoms. The van der Waals surface area contributed by atoms with Crippen LogP contribution in [0.15, 0.2) is 12.7 Å². The molecule has 0 aromatic carbocycles. The van der Waals surface area contributed by atoms with Crippen molar-refractivity contribution in [3.63, 3.8) is 0 Å². The SMILES string of the molecule is C=CCCC(=O)NCCC(=O)SCCC(C)(C)C. The summed E-state index contributed by atoms with van der Waals surface area (Å²) in [7, 11) is 0. The second kappa shape index (κ2) is 9.20. The lowest BCUT2D eigenvalue weighted by atomic mass is 9.94. The summed E-state index contributed by atoms with van der Waals surface area (Å²) in [6, 6.07) is 0. The van der Waals surface area contributed by atoms with Gasteiger partial charge in [0.15, 0.2) is 5.12 Å². The average molecular weight is 271 g/mol. The largest absolute Gasteiger partial charge is 0.356 e. The number of amides is 1. The highest BCUT2D eigenvalue weighted by molar-refractivity contribution is 8.13. The Bertz CT molecular complexity index is 282. The van der Waals surface area contributed by atoms with Crippen molar-refractivity contribution in [3.8, 4) is 0 Å². The number of carbonyl (C=O) groups excluding carboxylic acids is 2. The molecule has 0 aromatic rings. The van der Waals surface area contributed by atoms with Crippen molar-refractivity contribution in [2.45, 2.75) is 46.5 Å². The summed E-state index contributed by atoms with van der Waals surface area (Å²) in [4.78, 5) is 22.8. The zero-order valence-electron chi connectivity index (χ0n) is 11.8. The molecule has 3 nitrogen and oxygen atoms in total. The summed E-state index contributed by atoms with van der Waals surface area (Å²) in [5, 5.41) is 2.89. The average Bonchev–Trinajstić information content (AvgIpc) is 2.24. The van der Waals surface area contributed by atoms with Gasteiger partial charge >= 0.3 is 0 Å². The van der Waals surface area contributed by atoms with Gasteiger partial charge < -0.3 is 5.32 Å². The molecule has 0 bridgehead atoms. The summed E-state index contributed by atoms with van der Waals surface area (Å²) < 4.78 is 0. The van der Waals surface area contributed by atoms with E-state index in [1.165, 1.54) is 11.8 Å². The highest BCUT2D eigenvalue weighted by atomic mass is 32.2. The van der Waals surface area contributed by atoms with Gasteiger partial charge in [-0.25, -0.2) is 0 Å². The molecule has 0 unspecified atom stereocenters. The minimum atomic E-state index is -0.0117. The number of thioether (sulfide) groups is 1. The Hall–Kier alpha value is -0.770. The van der Waals surface area contributed by atoms with Gasteiger partial charge in [0.25, 0.3) is 0 Å². The topological polar surface area (TPSA) is 46.2 Å². The Kier molecular flexibility index (Phi) is 8.81. The standard InChI is InChI=1S/C14H25NO2S/c1-5-6-7-12(16)15-10-8-13(17)18-11-9-14(2,3)4/h5H,1,6-11H2,2-4H3,(H,15,16). The predicted molar refractivity (Wildman–Crippen MR) is 78.6 cm³/mol. The Balaban J connectivity index is 3.53. The first kappa shape index (κ1) is 17.2. The molecule has 0 aliphatic heterocycles. The van der Waals surface area contributed by atoms with E-state index in [4.69, 9.17) is 0 Å². The summed E-state index contributed by atoms with van der Waals surface area (Å²) in [6.07, 6.45) is 4.28. The van der Waals surface area contributed by atoms with Crippen LogP contribution in [0, 0.1) is 5.41 Å². The highest BCUT2D eigenvalue weighted by Gasteiger charge is 2.11. The van der Waals surface area contributed by atoms with Crippen LogP contribution >= 0.6 is 11.8 Å². The maximum absolute atomic E-state index is 11.5. The van der Waals surface area contributed by atoms with Gasteiger partial charge in [-0.2, -0.15) is 0 Å². The number of hydrogen-bond acceptors (Lipinski definition) is 3. The first-order chi connectivity index (χ1) is 8.35. The summed E-state index contributed by atoms with van der Waals surface area (Å²) in [5.41, 5.74) is 0.270.